The van der Waals surface area contributed by atoms with Gasteiger partial charge in [0.05, 0.1) is 6.10 Å². The van der Waals surface area contributed by atoms with Crippen LogP contribution in [-0.4, -0.2) is 18.8 Å². The van der Waals surface area contributed by atoms with Gasteiger partial charge in [-0.2, -0.15) is 0 Å². The van der Waals surface area contributed by atoms with E-state index >= 15 is 0 Å². The lowest BCUT2D eigenvalue weighted by Gasteiger charge is -2.22. The van der Waals surface area contributed by atoms with Crippen LogP contribution in [0.25, 0.3) is 0 Å². The molecule has 2 nitrogen and oxygen atoms in total. The van der Waals surface area contributed by atoms with Crippen molar-refractivity contribution in [3.63, 3.8) is 0 Å². The molecule has 0 radical (unpaired) electrons. The van der Waals surface area contributed by atoms with Crippen LogP contribution in [-0.2, 0) is 4.74 Å². The molecule has 1 saturated heterocycles. The second kappa shape index (κ2) is 4.77. The van der Waals surface area contributed by atoms with Crippen LogP contribution in [0, 0.1) is 5.92 Å². The Kier molecular flexibility index (Phi) is 3.94. The molecule has 76 valence electrons. The summed E-state index contributed by atoms with van der Waals surface area (Å²) in [4.78, 5) is 0. The first-order valence-electron chi connectivity index (χ1n) is 5.19. The van der Waals surface area contributed by atoms with E-state index in [0.717, 1.165) is 25.9 Å². The van der Waals surface area contributed by atoms with Crippen LogP contribution < -0.4 is 5.73 Å². The summed E-state index contributed by atoms with van der Waals surface area (Å²) in [5.74, 6) is 0.611. The van der Waals surface area contributed by atoms with E-state index in [9.17, 15) is 0 Å². The highest BCUT2D eigenvalue weighted by Gasteiger charge is 2.29. The Labute approximate surface area is 81.1 Å². The monoisotopic (exact) mass is 183 g/mol. The lowest BCUT2D eigenvalue weighted by atomic mass is 9.93. The second-order valence-corrected chi connectivity index (χ2v) is 4.07. The van der Waals surface area contributed by atoms with Gasteiger partial charge in [-0.15, -0.1) is 0 Å². The lowest BCUT2D eigenvalue weighted by Crippen LogP contribution is -2.37. The second-order valence-electron chi connectivity index (χ2n) is 4.07. The fraction of sp³-hybridized carbons (Fsp3) is 0.818. The van der Waals surface area contributed by atoms with E-state index in [1.165, 1.54) is 5.57 Å². The Bertz CT molecular complexity index is 179. The maximum absolute atomic E-state index is 6.06. The van der Waals surface area contributed by atoms with Gasteiger partial charge >= 0.3 is 0 Å². The molecule has 0 aromatic carbocycles. The topological polar surface area (TPSA) is 35.2 Å². The maximum Gasteiger partial charge on any atom is 0.0755 e. The molecule has 1 aliphatic rings. The normalized spacial score (nSPS) is 30.4. The summed E-state index contributed by atoms with van der Waals surface area (Å²) < 4.78 is 5.61. The first-order chi connectivity index (χ1) is 6.15. The van der Waals surface area contributed by atoms with Crippen LogP contribution in [0.3, 0.4) is 0 Å². The number of hydrogen-bond donors (Lipinski definition) is 1. The molecule has 3 unspecified atom stereocenters. The summed E-state index contributed by atoms with van der Waals surface area (Å²) in [6, 6.07) is 0.143. The largest absolute Gasteiger partial charge is 0.376 e. The summed E-state index contributed by atoms with van der Waals surface area (Å²) in [6.45, 7) is 9.18. The molecule has 0 spiro atoms. The molecule has 3 atom stereocenters. The fourth-order valence-electron chi connectivity index (χ4n) is 1.86. The zero-order chi connectivity index (χ0) is 9.84. The van der Waals surface area contributed by atoms with Gasteiger partial charge in [-0.25, -0.2) is 0 Å². The fourth-order valence-corrected chi connectivity index (χ4v) is 1.86. The smallest absolute Gasteiger partial charge is 0.0755 e. The van der Waals surface area contributed by atoms with Crippen molar-refractivity contribution >= 4 is 0 Å². The Morgan fingerprint density at radius 2 is 2.38 bits per heavy atom. The van der Waals surface area contributed by atoms with Crippen LogP contribution >= 0.6 is 0 Å². The predicted molar refractivity (Wildman–Crippen MR) is 55.5 cm³/mol. The molecule has 0 saturated carbocycles. The highest BCUT2D eigenvalue weighted by molar-refractivity contribution is 4.99. The molecule has 1 fully saturated rings. The Hall–Kier alpha value is -0.340. The third-order valence-corrected chi connectivity index (χ3v) is 2.89. The van der Waals surface area contributed by atoms with Gasteiger partial charge in [0.25, 0.3) is 0 Å². The highest BCUT2D eigenvalue weighted by Crippen LogP contribution is 2.24. The highest BCUT2D eigenvalue weighted by atomic mass is 16.5. The van der Waals surface area contributed by atoms with Crippen molar-refractivity contribution in [2.45, 2.75) is 45.3 Å². The van der Waals surface area contributed by atoms with Crippen LogP contribution in [0.15, 0.2) is 12.2 Å². The van der Waals surface area contributed by atoms with E-state index in [4.69, 9.17) is 10.5 Å². The van der Waals surface area contributed by atoms with Crippen LogP contribution in [0.5, 0.6) is 0 Å². The average Bonchev–Trinajstić information content (AvgIpc) is 2.51. The van der Waals surface area contributed by atoms with Crippen molar-refractivity contribution in [2.75, 3.05) is 6.61 Å². The van der Waals surface area contributed by atoms with Crippen molar-refractivity contribution in [1.29, 1.82) is 0 Å². The predicted octanol–water partition coefficient (Wildman–Crippen LogP) is 2.09. The molecule has 2 heteroatoms. The van der Waals surface area contributed by atoms with Crippen LogP contribution in [0.4, 0.5) is 0 Å². The van der Waals surface area contributed by atoms with E-state index in [2.05, 4.69) is 20.4 Å². The van der Waals surface area contributed by atoms with E-state index in [-0.39, 0.29) is 12.1 Å². The van der Waals surface area contributed by atoms with Gasteiger partial charge in [-0.1, -0.05) is 26.0 Å². The van der Waals surface area contributed by atoms with Crippen molar-refractivity contribution in [3.8, 4) is 0 Å². The number of nitrogens with two attached hydrogens (primary N) is 1. The zero-order valence-corrected chi connectivity index (χ0v) is 8.75. The molecule has 13 heavy (non-hydrogen) atoms. The quantitative estimate of drug-likeness (QED) is 0.677. The minimum absolute atomic E-state index is 0.143. The van der Waals surface area contributed by atoms with Gasteiger partial charge in [0, 0.05) is 12.6 Å². The molecule has 0 aromatic heterocycles. The van der Waals surface area contributed by atoms with Gasteiger partial charge in [-0.3, -0.25) is 0 Å². The van der Waals surface area contributed by atoms with Gasteiger partial charge in [0.1, 0.15) is 0 Å². The summed E-state index contributed by atoms with van der Waals surface area (Å²) in [5, 5.41) is 0. The van der Waals surface area contributed by atoms with E-state index in [0.29, 0.717) is 5.92 Å². The Morgan fingerprint density at radius 3 is 2.85 bits per heavy atom. The first kappa shape index (κ1) is 10.7. The minimum Gasteiger partial charge on any atom is -0.376 e. The lowest BCUT2D eigenvalue weighted by molar-refractivity contribution is 0.0725. The van der Waals surface area contributed by atoms with Gasteiger partial charge < -0.3 is 10.5 Å². The third-order valence-electron chi connectivity index (χ3n) is 2.89. The summed E-state index contributed by atoms with van der Waals surface area (Å²) >= 11 is 0. The van der Waals surface area contributed by atoms with Crippen LogP contribution in [0.1, 0.15) is 33.1 Å². The summed E-state index contributed by atoms with van der Waals surface area (Å²) in [6.07, 6.45) is 3.33. The molecule has 1 heterocycles. The Morgan fingerprint density at radius 1 is 1.69 bits per heavy atom. The molecular formula is C11H21NO. The molecule has 0 bridgehead atoms. The van der Waals surface area contributed by atoms with E-state index in [1.54, 1.807) is 0 Å². The van der Waals surface area contributed by atoms with Crippen LogP contribution in [0.2, 0.25) is 0 Å². The van der Waals surface area contributed by atoms with Gasteiger partial charge in [0.15, 0.2) is 0 Å². The number of ether oxygens (including phenoxy) is 1. The maximum atomic E-state index is 6.06. The van der Waals surface area contributed by atoms with E-state index in [1.807, 2.05) is 0 Å². The van der Waals surface area contributed by atoms with Crippen molar-refractivity contribution in [3.05, 3.63) is 12.2 Å². The first-order valence-corrected chi connectivity index (χ1v) is 5.19. The molecule has 2 N–H and O–H groups in total. The van der Waals surface area contributed by atoms with Gasteiger partial charge in [-0.05, 0) is 25.2 Å². The Balaban J connectivity index is 2.38. The average molecular weight is 183 g/mol. The number of rotatable bonds is 4. The van der Waals surface area contributed by atoms with Crippen molar-refractivity contribution < 1.29 is 4.74 Å². The zero-order valence-electron chi connectivity index (χ0n) is 8.75. The number of hydrogen-bond acceptors (Lipinski definition) is 2. The summed E-state index contributed by atoms with van der Waals surface area (Å²) in [5.41, 5.74) is 7.29. The van der Waals surface area contributed by atoms with Crippen molar-refractivity contribution in [1.82, 2.24) is 0 Å². The molecule has 0 aliphatic carbocycles. The minimum atomic E-state index is 0.143. The SMILES string of the molecule is C=C(CC)CC(N)C1OCCC1C. The van der Waals surface area contributed by atoms with Gasteiger partial charge in [0.2, 0.25) is 0 Å². The molecule has 1 aliphatic heterocycles. The standard InChI is InChI=1S/C11H21NO/c1-4-8(2)7-10(12)11-9(3)5-6-13-11/h9-11H,2,4-7,12H2,1,3H3. The summed E-state index contributed by atoms with van der Waals surface area (Å²) in [7, 11) is 0. The molecular weight excluding hydrogens is 162 g/mol. The van der Waals surface area contributed by atoms with E-state index < -0.39 is 0 Å². The molecule has 0 amide bonds. The molecule has 1 rings (SSSR count). The molecule has 0 aromatic rings. The third kappa shape index (κ3) is 2.82. The van der Waals surface area contributed by atoms with Crippen molar-refractivity contribution in [2.24, 2.45) is 11.7 Å².